The molecule has 0 bridgehead atoms. The summed E-state index contributed by atoms with van der Waals surface area (Å²) >= 11 is 1.61. The van der Waals surface area contributed by atoms with Crippen molar-refractivity contribution in [2.75, 3.05) is 0 Å². The first-order chi connectivity index (χ1) is 9.58. The van der Waals surface area contributed by atoms with E-state index in [1.54, 1.807) is 23.9 Å². The number of ketones is 1. The van der Waals surface area contributed by atoms with Crippen LogP contribution in [0.5, 0.6) is 0 Å². The molecule has 0 aliphatic carbocycles. The van der Waals surface area contributed by atoms with Crippen molar-refractivity contribution >= 4 is 17.5 Å². The van der Waals surface area contributed by atoms with Gasteiger partial charge >= 0.3 is 0 Å². The molecule has 0 saturated heterocycles. The normalized spacial score (nSPS) is 12.2. The summed E-state index contributed by atoms with van der Waals surface area (Å²) in [5.41, 5.74) is 3.05. The molecule has 0 radical (unpaired) electrons. The first kappa shape index (κ1) is 14.8. The zero-order valence-electron chi connectivity index (χ0n) is 11.6. The number of carbonyl (C=O) groups is 1. The fourth-order valence-electron chi connectivity index (χ4n) is 1.91. The van der Waals surface area contributed by atoms with E-state index in [9.17, 15) is 9.18 Å². The van der Waals surface area contributed by atoms with Gasteiger partial charge in [-0.15, -0.1) is 11.8 Å². The van der Waals surface area contributed by atoms with Crippen LogP contribution in [0.15, 0.2) is 48.5 Å². The topological polar surface area (TPSA) is 17.1 Å². The number of Topliss-reactive ketones (excluding diaryl/α,β-unsaturated/α-hetero) is 1. The van der Waals surface area contributed by atoms with Gasteiger partial charge in [0.1, 0.15) is 5.82 Å². The number of halogens is 1. The molecule has 0 aliphatic rings. The summed E-state index contributed by atoms with van der Waals surface area (Å²) in [6.45, 7) is 3.97. The summed E-state index contributed by atoms with van der Waals surface area (Å²) in [5, 5.41) is -0.139. The summed E-state index contributed by atoms with van der Waals surface area (Å²) in [6.07, 6.45) is 0. The van der Waals surface area contributed by atoms with Gasteiger partial charge in [-0.2, -0.15) is 0 Å². The maximum absolute atomic E-state index is 12.8. The van der Waals surface area contributed by atoms with Crippen molar-refractivity contribution in [1.29, 1.82) is 0 Å². The van der Waals surface area contributed by atoms with Crippen molar-refractivity contribution in [3.8, 4) is 0 Å². The lowest BCUT2D eigenvalue weighted by Crippen LogP contribution is -2.13. The summed E-state index contributed by atoms with van der Waals surface area (Å²) in [4.78, 5) is 12.2. The second-order valence-corrected chi connectivity index (χ2v) is 6.08. The van der Waals surface area contributed by atoms with Crippen LogP contribution >= 0.6 is 11.8 Å². The van der Waals surface area contributed by atoms with Crippen LogP contribution < -0.4 is 0 Å². The van der Waals surface area contributed by atoms with Crippen molar-refractivity contribution in [3.05, 3.63) is 71.0 Å². The average Bonchev–Trinajstić information content (AvgIpc) is 2.46. The van der Waals surface area contributed by atoms with E-state index in [0.29, 0.717) is 5.56 Å². The highest BCUT2D eigenvalue weighted by molar-refractivity contribution is 7.99. The average molecular weight is 288 g/mol. The quantitative estimate of drug-likeness (QED) is 0.746. The summed E-state index contributed by atoms with van der Waals surface area (Å²) in [7, 11) is 0. The van der Waals surface area contributed by atoms with Crippen LogP contribution in [0.2, 0.25) is 0 Å². The van der Waals surface area contributed by atoms with Crippen molar-refractivity contribution in [2.24, 2.45) is 0 Å². The number of aryl methyl sites for hydroxylation is 1. The molecule has 0 N–H and O–H groups in total. The molecule has 104 valence electrons. The zero-order chi connectivity index (χ0) is 14.5. The maximum atomic E-state index is 12.8. The van der Waals surface area contributed by atoms with Gasteiger partial charge in [0, 0.05) is 11.3 Å². The van der Waals surface area contributed by atoms with Crippen LogP contribution in [-0.2, 0) is 5.75 Å². The highest BCUT2D eigenvalue weighted by Crippen LogP contribution is 2.22. The Labute approximate surface area is 123 Å². The van der Waals surface area contributed by atoms with Crippen molar-refractivity contribution < 1.29 is 9.18 Å². The second-order valence-electron chi connectivity index (χ2n) is 4.75. The molecule has 0 aromatic heterocycles. The summed E-state index contributed by atoms with van der Waals surface area (Å²) in [5.74, 6) is 0.534. The number of carbonyl (C=O) groups excluding carboxylic acids is 1. The Bertz CT molecular complexity index is 592. The number of benzene rings is 2. The van der Waals surface area contributed by atoms with Crippen LogP contribution in [0, 0.1) is 12.7 Å². The molecule has 2 aromatic rings. The lowest BCUT2D eigenvalue weighted by atomic mass is 10.1. The molecule has 0 saturated carbocycles. The molecule has 0 spiro atoms. The molecule has 0 amide bonds. The van der Waals surface area contributed by atoms with Crippen LogP contribution in [-0.4, -0.2) is 11.0 Å². The third-order valence-electron chi connectivity index (χ3n) is 3.25. The molecule has 2 rings (SSSR count). The molecule has 0 heterocycles. The van der Waals surface area contributed by atoms with Gasteiger partial charge in [0.25, 0.3) is 0 Å². The molecule has 3 heteroatoms. The van der Waals surface area contributed by atoms with Gasteiger partial charge in [0.15, 0.2) is 5.78 Å². The molecule has 0 fully saturated rings. The predicted octanol–water partition coefficient (Wildman–Crippen LogP) is 4.64. The Balaban J connectivity index is 1.98. The number of hydrogen-bond donors (Lipinski definition) is 0. The van der Waals surface area contributed by atoms with Gasteiger partial charge in [-0.05, 0) is 49.2 Å². The van der Waals surface area contributed by atoms with Gasteiger partial charge < -0.3 is 0 Å². The van der Waals surface area contributed by atoms with Crippen LogP contribution in [0.4, 0.5) is 4.39 Å². The van der Waals surface area contributed by atoms with Crippen molar-refractivity contribution in [1.82, 2.24) is 0 Å². The van der Waals surface area contributed by atoms with Gasteiger partial charge in [-0.25, -0.2) is 4.39 Å². The van der Waals surface area contributed by atoms with E-state index < -0.39 is 0 Å². The largest absolute Gasteiger partial charge is 0.293 e. The van der Waals surface area contributed by atoms with Gasteiger partial charge in [0.2, 0.25) is 0 Å². The highest BCUT2D eigenvalue weighted by atomic mass is 32.2. The van der Waals surface area contributed by atoms with Crippen LogP contribution in [0.25, 0.3) is 0 Å². The van der Waals surface area contributed by atoms with E-state index in [2.05, 4.69) is 19.1 Å². The minimum Gasteiger partial charge on any atom is -0.293 e. The Morgan fingerprint density at radius 3 is 2.45 bits per heavy atom. The lowest BCUT2D eigenvalue weighted by molar-refractivity contribution is 0.0994. The standard InChI is InChI=1S/C17H17FOS/c1-12-5-3-4-6-15(12)11-20-13(2)17(19)14-7-9-16(18)10-8-14/h3-10,13H,11H2,1-2H3. The van der Waals surface area contributed by atoms with E-state index >= 15 is 0 Å². The highest BCUT2D eigenvalue weighted by Gasteiger charge is 2.16. The van der Waals surface area contributed by atoms with Gasteiger partial charge in [0.05, 0.1) is 5.25 Å². The predicted molar refractivity (Wildman–Crippen MR) is 82.7 cm³/mol. The Morgan fingerprint density at radius 2 is 1.80 bits per heavy atom. The fourth-order valence-corrected chi connectivity index (χ4v) is 2.95. The lowest BCUT2D eigenvalue weighted by Gasteiger charge is -2.11. The molecular formula is C17H17FOS. The van der Waals surface area contributed by atoms with E-state index in [0.717, 1.165) is 5.75 Å². The van der Waals surface area contributed by atoms with Gasteiger partial charge in [-0.1, -0.05) is 24.3 Å². The van der Waals surface area contributed by atoms with Crippen LogP contribution in [0.1, 0.15) is 28.4 Å². The Morgan fingerprint density at radius 1 is 1.15 bits per heavy atom. The number of hydrogen-bond acceptors (Lipinski definition) is 2. The first-order valence-electron chi connectivity index (χ1n) is 6.54. The summed E-state index contributed by atoms with van der Waals surface area (Å²) in [6, 6.07) is 13.9. The van der Waals surface area contributed by atoms with Crippen molar-refractivity contribution in [3.63, 3.8) is 0 Å². The molecule has 1 atom stereocenters. The molecule has 2 aromatic carbocycles. The summed E-state index contributed by atoms with van der Waals surface area (Å²) < 4.78 is 12.8. The van der Waals surface area contributed by atoms with Crippen LogP contribution in [0.3, 0.4) is 0 Å². The smallest absolute Gasteiger partial charge is 0.175 e. The van der Waals surface area contributed by atoms with Gasteiger partial charge in [-0.3, -0.25) is 4.79 Å². The molecule has 1 nitrogen and oxygen atoms in total. The Hall–Kier alpha value is -1.61. The third-order valence-corrected chi connectivity index (χ3v) is 4.44. The number of thioether (sulfide) groups is 1. The maximum Gasteiger partial charge on any atom is 0.175 e. The minimum atomic E-state index is -0.318. The fraction of sp³-hybridized carbons (Fsp3) is 0.235. The molecule has 20 heavy (non-hydrogen) atoms. The SMILES string of the molecule is Cc1ccccc1CSC(C)C(=O)c1ccc(F)cc1. The monoisotopic (exact) mass is 288 g/mol. The van der Waals surface area contributed by atoms with E-state index in [4.69, 9.17) is 0 Å². The van der Waals surface area contributed by atoms with E-state index in [1.807, 2.05) is 19.1 Å². The zero-order valence-corrected chi connectivity index (χ0v) is 12.4. The molecule has 1 unspecified atom stereocenters. The van der Waals surface area contributed by atoms with E-state index in [-0.39, 0.29) is 16.9 Å². The molecular weight excluding hydrogens is 271 g/mol. The van der Waals surface area contributed by atoms with E-state index in [1.165, 1.54) is 23.3 Å². The second kappa shape index (κ2) is 6.71. The minimum absolute atomic E-state index is 0.0450. The number of rotatable bonds is 5. The van der Waals surface area contributed by atoms with Crippen molar-refractivity contribution in [2.45, 2.75) is 24.9 Å². The molecule has 0 aliphatic heterocycles. The third kappa shape index (κ3) is 3.70. The first-order valence-corrected chi connectivity index (χ1v) is 7.58. The Kier molecular flexibility index (Phi) is 4.96.